The molecule has 0 saturated carbocycles. The largest absolute Gasteiger partial charge is 0.417 e. The topological polar surface area (TPSA) is 63.0 Å². The molecule has 0 bridgehead atoms. The van der Waals surface area contributed by atoms with Crippen molar-refractivity contribution in [2.24, 2.45) is 0 Å². The molecular formula is C7H4N2O2. The highest BCUT2D eigenvalue weighted by Gasteiger charge is 2.00. The molecule has 1 rings (SSSR count). The standard InChI is InChI=1S/C7H4N2O2/c8-5-7(10)11-6-3-1-2-4-9-6/h1-4H. The minimum Gasteiger partial charge on any atom is -0.396 e. The van der Waals surface area contributed by atoms with E-state index < -0.39 is 5.97 Å². The fourth-order valence-corrected chi connectivity index (χ4v) is 0.525. The maximum absolute atomic E-state index is 10.4. The zero-order valence-electron chi connectivity index (χ0n) is 5.52. The van der Waals surface area contributed by atoms with Crippen LogP contribution in [0.2, 0.25) is 0 Å². The average molecular weight is 148 g/mol. The molecule has 0 aliphatic rings. The normalized spacial score (nSPS) is 8.27. The van der Waals surface area contributed by atoms with Gasteiger partial charge in [0.25, 0.3) is 0 Å². The fraction of sp³-hybridized carbons (Fsp3) is 0. The summed E-state index contributed by atoms with van der Waals surface area (Å²) in [5, 5.41) is 8.04. The summed E-state index contributed by atoms with van der Waals surface area (Å²) in [5.74, 6) is -0.817. The number of carbonyl (C=O) groups excluding carboxylic acids is 1. The third kappa shape index (κ3) is 2.06. The van der Waals surface area contributed by atoms with Crippen LogP contribution in [0, 0.1) is 11.3 Å². The van der Waals surface area contributed by atoms with E-state index in [1.54, 1.807) is 12.1 Å². The van der Waals surface area contributed by atoms with Crippen molar-refractivity contribution < 1.29 is 9.53 Å². The average Bonchev–Trinajstić information content (AvgIpc) is 2.06. The predicted molar refractivity (Wildman–Crippen MR) is 35.5 cm³/mol. The van der Waals surface area contributed by atoms with E-state index >= 15 is 0 Å². The van der Waals surface area contributed by atoms with Crippen molar-refractivity contribution in [1.82, 2.24) is 4.98 Å². The van der Waals surface area contributed by atoms with Crippen molar-refractivity contribution in [3.8, 4) is 11.9 Å². The van der Waals surface area contributed by atoms with E-state index in [9.17, 15) is 4.79 Å². The lowest BCUT2D eigenvalue weighted by Gasteiger charge is -1.94. The Balaban J connectivity index is 2.67. The number of rotatable bonds is 1. The second-order valence-electron chi connectivity index (χ2n) is 1.67. The Morgan fingerprint density at radius 2 is 2.45 bits per heavy atom. The van der Waals surface area contributed by atoms with Crippen LogP contribution < -0.4 is 4.74 Å². The van der Waals surface area contributed by atoms with Crippen molar-refractivity contribution in [3.63, 3.8) is 0 Å². The molecule has 1 aromatic rings. The molecule has 1 heterocycles. The van der Waals surface area contributed by atoms with Crippen LogP contribution in [0.15, 0.2) is 24.4 Å². The minimum atomic E-state index is -0.955. The molecule has 0 aliphatic heterocycles. The highest BCUT2D eigenvalue weighted by atomic mass is 16.5. The SMILES string of the molecule is N#CC(=O)Oc1ccccn1. The number of esters is 1. The maximum Gasteiger partial charge on any atom is 0.417 e. The smallest absolute Gasteiger partial charge is 0.396 e. The van der Waals surface area contributed by atoms with Gasteiger partial charge in [0.05, 0.1) is 0 Å². The van der Waals surface area contributed by atoms with E-state index in [1.165, 1.54) is 18.3 Å². The van der Waals surface area contributed by atoms with E-state index in [2.05, 4.69) is 9.72 Å². The number of hydrogen-bond donors (Lipinski definition) is 0. The lowest BCUT2D eigenvalue weighted by Crippen LogP contribution is -2.04. The van der Waals surface area contributed by atoms with Crippen LogP contribution in [0.1, 0.15) is 0 Å². The predicted octanol–water partition coefficient (Wildman–Crippen LogP) is 0.511. The van der Waals surface area contributed by atoms with Gasteiger partial charge in [-0.1, -0.05) is 6.07 Å². The first-order valence-electron chi connectivity index (χ1n) is 2.86. The number of ether oxygens (including phenoxy) is 1. The van der Waals surface area contributed by atoms with Gasteiger partial charge < -0.3 is 4.74 Å². The molecule has 11 heavy (non-hydrogen) atoms. The quantitative estimate of drug-likeness (QED) is 0.430. The van der Waals surface area contributed by atoms with Gasteiger partial charge in [0.2, 0.25) is 5.88 Å². The van der Waals surface area contributed by atoms with E-state index in [4.69, 9.17) is 5.26 Å². The molecule has 0 atom stereocenters. The van der Waals surface area contributed by atoms with E-state index in [0.717, 1.165) is 0 Å². The van der Waals surface area contributed by atoms with E-state index in [1.807, 2.05) is 0 Å². The van der Waals surface area contributed by atoms with Crippen molar-refractivity contribution in [1.29, 1.82) is 5.26 Å². The number of nitriles is 1. The van der Waals surface area contributed by atoms with Crippen molar-refractivity contribution >= 4 is 5.97 Å². The molecule has 4 nitrogen and oxygen atoms in total. The Bertz CT molecular complexity index is 289. The molecule has 0 amide bonds. The summed E-state index contributed by atoms with van der Waals surface area (Å²) >= 11 is 0. The summed E-state index contributed by atoms with van der Waals surface area (Å²) in [5.41, 5.74) is 0. The van der Waals surface area contributed by atoms with Gasteiger partial charge in [-0.05, 0) is 6.07 Å². The molecule has 0 saturated heterocycles. The Morgan fingerprint density at radius 3 is 3.00 bits per heavy atom. The Labute approximate surface area is 63.0 Å². The third-order valence-electron chi connectivity index (χ3n) is 0.926. The van der Waals surface area contributed by atoms with Crippen LogP contribution in [0.4, 0.5) is 0 Å². The van der Waals surface area contributed by atoms with Crippen LogP contribution in [0.25, 0.3) is 0 Å². The zero-order valence-corrected chi connectivity index (χ0v) is 5.52. The van der Waals surface area contributed by atoms with Crippen molar-refractivity contribution in [3.05, 3.63) is 24.4 Å². The second kappa shape index (κ2) is 3.32. The monoisotopic (exact) mass is 148 g/mol. The molecule has 0 radical (unpaired) electrons. The molecule has 0 fully saturated rings. The summed E-state index contributed by atoms with van der Waals surface area (Å²) in [7, 11) is 0. The molecule has 1 aromatic heterocycles. The fourth-order valence-electron chi connectivity index (χ4n) is 0.525. The first kappa shape index (κ1) is 7.22. The first-order valence-corrected chi connectivity index (χ1v) is 2.86. The van der Waals surface area contributed by atoms with Crippen molar-refractivity contribution in [2.75, 3.05) is 0 Å². The molecule has 0 spiro atoms. The Morgan fingerprint density at radius 1 is 1.64 bits per heavy atom. The Hall–Kier alpha value is -1.89. The molecule has 0 unspecified atom stereocenters. The van der Waals surface area contributed by atoms with E-state index in [0.29, 0.717) is 0 Å². The third-order valence-corrected chi connectivity index (χ3v) is 0.926. The number of hydrogen-bond acceptors (Lipinski definition) is 4. The molecule has 0 aliphatic carbocycles. The van der Waals surface area contributed by atoms with Crippen LogP contribution in [-0.2, 0) is 4.79 Å². The number of nitrogens with zero attached hydrogens (tertiary/aromatic N) is 2. The van der Waals surface area contributed by atoms with Crippen LogP contribution in [-0.4, -0.2) is 11.0 Å². The zero-order chi connectivity index (χ0) is 8.10. The van der Waals surface area contributed by atoms with Gasteiger partial charge in [0.1, 0.15) is 0 Å². The molecule has 54 valence electrons. The van der Waals surface area contributed by atoms with Gasteiger partial charge in [-0.2, -0.15) is 5.26 Å². The summed E-state index contributed by atoms with van der Waals surface area (Å²) in [6.45, 7) is 0. The second-order valence-corrected chi connectivity index (χ2v) is 1.67. The minimum absolute atomic E-state index is 0.138. The lowest BCUT2D eigenvalue weighted by atomic mass is 10.5. The highest BCUT2D eigenvalue weighted by molar-refractivity contribution is 5.87. The van der Waals surface area contributed by atoms with Gasteiger partial charge >= 0.3 is 5.97 Å². The summed E-state index contributed by atoms with van der Waals surface area (Å²) in [4.78, 5) is 14.0. The molecular weight excluding hydrogens is 144 g/mol. The van der Waals surface area contributed by atoms with Gasteiger partial charge in [0, 0.05) is 12.3 Å². The Kier molecular flexibility index (Phi) is 2.18. The molecule has 0 aromatic carbocycles. The van der Waals surface area contributed by atoms with E-state index in [-0.39, 0.29) is 5.88 Å². The molecule has 0 N–H and O–H groups in total. The lowest BCUT2D eigenvalue weighted by molar-refractivity contribution is -0.128. The van der Waals surface area contributed by atoms with Gasteiger partial charge in [-0.15, -0.1) is 0 Å². The number of aromatic nitrogens is 1. The molecule has 4 heteroatoms. The number of pyridine rings is 1. The summed E-state index contributed by atoms with van der Waals surface area (Å²) in [6.07, 6.45) is 1.47. The van der Waals surface area contributed by atoms with Crippen LogP contribution in [0.3, 0.4) is 0 Å². The van der Waals surface area contributed by atoms with Crippen LogP contribution in [0.5, 0.6) is 5.88 Å². The van der Waals surface area contributed by atoms with Crippen molar-refractivity contribution in [2.45, 2.75) is 0 Å². The maximum atomic E-state index is 10.4. The van der Waals surface area contributed by atoms with Gasteiger partial charge in [-0.3, -0.25) is 0 Å². The highest BCUT2D eigenvalue weighted by Crippen LogP contribution is 2.02. The van der Waals surface area contributed by atoms with Gasteiger partial charge in [0.15, 0.2) is 6.07 Å². The first-order chi connectivity index (χ1) is 5.33. The summed E-state index contributed by atoms with van der Waals surface area (Å²) < 4.78 is 4.45. The number of carbonyl (C=O) groups is 1. The van der Waals surface area contributed by atoms with Gasteiger partial charge in [-0.25, -0.2) is 9.78 Å². The summed E-state index contributed by atoms with van der Waals surface area (Å²) in [6, 6.07) is 6.15. The van der Waals surface area contributed by atoms with Crippen LogP contribution >= 0.6 is 0 Å².